The van der Waals surface area contributed by atoms with Gasteiger partial charge in [0, 0.05) is 12.0 Å². The Kier molecular flexibility index (Phi) is 5.57. The fourth-order valence-electron chi connectivity index (χ4n) is 2.61. The van der Waals surface area contributed by atoms with E-state index in [0.29, 0.717) is 5.92 Å². The molecule has 2 rings (SSSR count). The normalized spacial score (nSPS) is 12.3. The summed E-state index contributed by atoms with van der Waals surface area (Å²) < 4.78 is 0. The number of hydrogen-bond donors (Lipinski definition) is 1. The molecule has 0 aliphatic heterocycles. The standard InChI is InChI=1S/C19H23N/c1-2-9-18(20)14-15-19(16-10-5-3-6-11-16)17-12-7-4-8-13-17/h2-8,10-13,18-19H,1,9,14-15,20H2/t18-/m0/s1. The summed E-state index contributed by atoms with van der Waals surface area (Å²) in [5.41, 5.74) is 8.85. The highest BCUT2D eigenvalue weighted by Crippen LogP contribution is 2.29. The first kappa shape index (κ1) is 14.5. The van der Waals surface area contributed by atoms with Crippen LogP contribution in [0.25, 0.3) is 0 Å². The SMILES string of the molecule is C=CC[C@H](N)CCC(c1ccccc1)c1ccccc1. The third-order valence-corrected chi connectivity index (χ3v) is 3.70. The van der Waals surface area contributed by atoms with E-state index in [1.54, 1.807) is 0 Å². The van der Waals surface area contributed by atoms with Crippen molar-refractivity contribution in [2.45, 2.75) is 31.2 Å². The van der Waals surface area contributed by atoms with Gasteiger partial charge in [-0.1, -0.05) is 66.7 Å². The van der Waals surface area contributed by atoms with Gasteiger partial charge in [0.15, 0.2) is 0 Å². The second-order valence-electron chi connectivity index (χ2n) is 5.24. The maximum Gasteiger partial charge on any atom is 0.00899 e. The molecule has 2 N–H and O–H groups in total. The zero-order valence-electron chi connectivity index (χ0n) is 11.9. The highest BCUT2D eigenvalue weighted by Gasteiger charge is 2.14. The number of benzene rings is 2. The van der Waals surface area contributed by atoms with E-state index >= 15 is 0 Å². The average molecular weight is 265 g/mol. The summed E-state index contributed by atoms with van der Waals surface area (Å²) >= 11 is 0. The van der Waals surface area contributed by atoms with E-state index in [4.69, 9.17) is 5.73 Å². The van der Waals surface area contributed by atoms with Crippen LogP contribution >= 0.6 is 0 Å². The number of hydrogen-bond acceptors (Lipinski definition) is 1. The zero-order valence-corrected chi connectivity index (χ0v) is 11.9. The number of rotatable bonds is 7. The van der Waals surface area contributed by atoms with Crippen molar-refractivity contribution in [1.82, 2.24) is 0 Å². The van der Waals surface area contributed by atoms with Gasteiger partial charge in [0.2, 0.25) is 0 Å². The Morgan fingerprint density at radius 1 is 0.850 bits per heavy atom. The molecule has 0 aliphatic carbocycles. The molecule has 2 aromatic rings. The first-order chi connectivity index (χ1) is 9.81. The zero-order chi connectivity index (χ0) is 14.2. The van der Waals surface area contributed by atoms with Crippen molar-refractivity contribution in [2.24, 2.45) is 5.73 Å². The first-order valence-electron chi connectivity index (χ1n) is 7.27. The lowest BCUT2D eigenvalue weighted by atomic mass is 9.86. The van der Waals surface area contributed by atoms with E-state index < -0.39 is 0 Å². The van der Waals surface area contributed by atoms with Crippen LogP contribution in [0, 0.1) is 0 Å². The van der Waals surface area contributed by atoms with Crippen LogP contribution in [0.4, 0.5) is 0 Å². The molecule has 0 spiro atoms. The monoisotopic (exact) mass is 265 g/mol. The molecule has 0 radical (unpaired) electrons. The molecular weight excluding hydrogens is 242 g/mol. The van der Waals surface area contributed by atoms with Gasteiger partial charge in [-0.25, -0.2) is 0 Å². The lowest BCUT2D eigenvalue weighted by Crippen LogP contribution is -2.20. The van der Waals surface area contributed by atoms with E-state index in [2.05, 4.69) is 67.2 Å². The molecular formula is C19H23N. The van der Waals surface area contributed by atoms with Crippen LogP contribution in [0.3, 0.4) is 0 Å². The molecule has 0 unspecified atom stereocenters. The topological polar surface area (TPSA) is 26.0 Å². The van der Waals surface area contributed by atoms with Gasteiger partial charge in [-0.05, 0) is 30.4 Å². The largest absolute Gasteiger partial charge is 0.327 e. The Balaban J connectivity index is 2.15. The molecule has 0 saturated carbocycles. The minimum atomic E-state index is 0.211. The summed E-state index contributed by atoms with van der Waals surface area (Å²) in [6.45, 7) is 3.76. The van der Waals surface area contributed by atoms with E-state index in [9.17, 15) is 0 Å². The second kappa shape index (κ2) is 7.66. The Morgan fingerprint density at radius 3 is 1.80 bits per heavy atom. The molecule has 1 heteroatoms. The highest BCUT2D eigenvalue weighted by atomic mass is 14.6. The second-order valence-corrected chi connectivity index (χ2v) is 5.24. The molecule has 0 aromatic heterocycles. The molecule has 0 heterocycles. The van der Waals surface area contributed by atoms with Gasteiger partial charge in [-0.2, -0.15) is 0 Å². The highest BCUT2D eigenvalue weighted by molar-refractivity contribution is 5.32. The van der Waals surface area contributed by atoms with Crippen LogP contribution in [0.15, 0.2) is 73.3 Å². The van der Waals surface area contributed by atoms with Gasteiger partial charge in [0.05, 0.1) is 0 Å². The minimum Gasteiger partial charge on any atom is -0.327 e. The van der Waals surface area contributed by atoms with Crippen LogP contribution in [-0.4, -0.2) is 6.04 Å². The summed E-state index contributed by atoms with van der Waals surface area (Å²) in [5.74, 6) is 0.424. The summed E-state index contributed by atoms with van der Waals surface area (Å²) in [5, 5.41) is 0. The quantitative estimate of drug-likeness (QED) is 0.733. The van der Waals surface area contributed by atoms with Crippen molar-refractivity contribution < 1.29 is 0 Å². The molecule has 2 aromatic carbocycles. The third kappa shape index (κ3) is 4.07. The lowest BCUT2D eigenvalue weighted by Gasteiger charge is -2.20. The molecule has 1 nitrogen and oxygen atoms in total. The fraction of sp³-hybridized carbons (Fsp3) is 0.263. The predicted octanol–water partition coefficient (Wildman–Crippen LogP) is 4.50. The van der Waals surface area contributed by atoms with Crippen molar-refractivity contribution in [3.8, 4) is 0 Å². The predicted molar refractivity (Wildman–Crippen MR) is 86.8 cm³/mol. The Labute approximate surface area is 122 Å². The van der Waals surface area contributed by atoms with Gasteiger partial charge >= 0.3 is 0 Å². The van der Waals surface area contributed by atoms with Gasteiger partial charge in [0.25, 0.3) is 0 Å². The summed E-state index contributed by atoms with van der Waals surface area (Å²) in [7, 11) is 0. The van der Waals surface area contributed by atoms with Crippen LogP contribution < -0.4 is 5.73 Å². The lowest BCUT2D eigenvalue weighted by molar-refractivity contribution is 0.559. The van der Waals surface area contributed by atoms with Crippen molar-refractivity contribution in [1.29, 1.82) is 0 Å². The molecule has 0 fully saturated rings. The van der Waals surface area contributed by atoms with Crippen LogP contribution in [0.5, 0.6) is 0 Å². The summed E-state index contributed by atoms with van der Waals surface area (Å²) in [4.78, 5) is 0. The molecule has 20 heavy (non-hydrogen) atoms. The van der Waals surface area contributed by atoms with Crippen molar-refractivity contribution in [3.05, 3.63) is 84.4 Å². The van der Waals surface area contributed by atoms with Gasteiger partial charge in [0.1, 0.15) is 0 Å². The van der Waals surface area contributed by atoms with Crippen molar-refractivity contribution in [2.75, 3.05) is 0 Å². The Morgan fingerprint density at radius 2 is 1.35 bits per heavy atom. The minimum absolute atomic E-state index is 0.211. The molecule has 104 valence electrons. The van der Waals surface area contributed by atoms with Crippen LogP contribution in [-0.2, 0) is 0 Å². The molecule has 0 aliphatic rings. The third-order valence-electron chi connectivity index (χ3n) is 3.70. The van der Waals surface area contributed by atoms with E-state index in [1.807, 2.05) is 6.08 Å². The van der Waals surface area contributed by atoms with E-state index in [-0.39, 0.29) is 6.04 Å². The van der Waals surface area contributed by atoms with Crippen LogP contribution in [0.1, 0.15) is 36.3 Å². The smallest absolute Gasteiger partial charge is 0.00899 e. The maximum absolute atomic E-state index is 6.12. The maximum atomic E-state index is 6.12. The summed E-state index contributed by atoms with van der Waals surface area (Å²) in [6.07, 6.45) is 4.88. The molecule has 1 atom stereocenters. The van der Waals surface area contributed by atoms with Gasteiger partial charge < -0.3 is 5.73 Å². The Bertz CT molecular complexity index is 464. The fourth-order valence-corrected chi connectivity index (χ4v) is 2.61. The molecule has 0 saturated heterocycles. The summed E-state index contributed by atoms with van der Waals surface area (Å²) in [6, 6.07) is 21.6. The number of nitrogens with two attached hydrogens (primary N) is 1. The molecule has 0 amide bonds. The molecule has 0 bridgehead atoms. The Hall–Kier alpha value is -1.86. The van der Waals surface area contributed by atoms with Gasteiger partial charge in [-0.15, -0.1) is 6.58 Å². The van der Waals surface area contributed by atoms with Crippen molar-refractivity contribution >= 4 is 0 Å². The first-order valence-corrected chi connectivity index (χ1v) is 7.27. The van der Waals surface area contributed by atoms with E-state index in [1.165, 1.54) is 11.1 Å². The van der Waals surface area contributed by atoms with E-state index in [0.717, 1.165) is 19.3 Å². The van der Waals surface area contributed by atoms with Crippen LogP contribution in [0.2, 0.25) is 0 Å². The van der Waals surface area contributed by atoms with Gasteiger partial charge in [-0.3, -0.25) is 0 Å². The van der Waals surface area contributed by atoms with Crippen molar-refractivity contribution in [3.63, 3.8) is 0 Å². The average Bonchev–Trinajstić information content (AvgIpc) is 2.50.